The fraction of sp³-hybridized carbons (Fsp3) is 0.688. The van der Waals surface area contributed by atoms with E-state index < -0.39 is 0 Å². The summed E-state index contributed by atoms with van der Waals surface area (Å²) in [5, 5.41) is 3.74. The molecule has 1 fully saturated rings. The zero-order valence-electron chi connectivity index (χ0n) is 12.5. The van der Waals surface area contributed by atoms with Gasteiger partial charge in [-0.1, -0.05) is 19.9 Å². The number of nitrogens with zero attached hydrogens (tertiary/aromatic N) is 2. The lowest BCUT2D eigenvalue weighted by atomic mass is 10.0. The van der Waals surface area contributed by atoms with E-state index in [0.717, 1.165) is 5.92 Å². The first-order valence-corrected chi connectivity index (χ1v) is 7.53. The number of nitrogens with one attached hydrogen (secondary N) is 1. The van der Waals surface area contributed by atoms with E-state index in [0.29, 0.717) is 12.1 Å². The van der Waals surface area contributed by atoms with E-state index in [1.165, 1.54) is 38.0 Å². The molecule has 0 amide bonds. The maximum absolute atomic E-state index is 4.20. The van der Waals surface area contributed by atoms with Crippen LogP contribution in [0.15, 0.2) is 24.5 Å². The summed E-state index contributed by atoms with van der Waals surface area (Å²) in [5.74, 6) is 0.777. The van der Waals surface area contributed by atoms with Crippen molar-refractivity contribution in [3.05, 3.63) is 30.1 Å². The monoisotopic (exact) mass is 261 g/mol. The summed E-state index contributed by atoms with van der Waals surface area (Å²) in [5.41, 5.74) is 1.28. The van der Waals surface area contributed by atoms with Gasteiger partial charge in [-0.3, -0.25) is 4.98 Å². The third kappa shape index (κ3) is 4.59. The SMILES string of the molecule is CC(C)CN1CCC(N[C@H](C)c2cccnc2)CC1. The molecule has 0 spiro atoms. The quantitative estimate of drug-likeness (QED) is 0.883. The number of hydrogen-bond acceptors (Lipinski definition) is 3. The van der Waals surface area contributed by atoms with Gasteiger partial charge in [0, 0.05) is 31.0 Å². The Bertz CT molecular complexity index is 356. The zero-order valence-corrected chi connectivity index (χ0v) is 12.5. The van der Waals surface area contributed by atoms with Gasteiger partial charge in [0.05, 0.1) is 0 Å². The fourth-order valence-corrected chi connectivity index (χ4v) is 2.88. The van der Waals surface area contributed by atoms with Crippen LogP contribution in [0.1, 0.15) is 45.2 Å². The lowest BCUT2D eigenvalue weighted by molar-refractivity contribution is 0.175. The van der Waals surface area contributed by atoms with Gasteiger partial charge in [0.2, 0.25) is 0 Å². The van der Waals surface area contributed by atoms with Crippen LogP contribution in [-0.4, -0.2) is 35.6 Å². The number of aromatic nitrogens is 1. The van der Waals surface area contributed by atoms with E-state index in [-0.39, 0.29) is 0 Å². The first-order chi connectivity index (χ1) is 9.15. The molecule has 1 aromatic rings. The summed E-state index contributed by atoms with van der Waals surface area (Å²) in [7, 11) is 0. The van der Waals surface area contributed by atoms with Crippen molar-refractivity contribution in [2.45, 2.75) is 45.7 Å². The molecule has 0 aliphatic carbocycles. The molecular formula is C16H27N3. The molecule has 0 aromatic carbocycles. The molecule has 2 heterocycles. The highest BCUT2D eigenvalue weighted by molar-refractivity contribution is 5.13. The van der Waals surface area contributed by atoms with Gasteiger partial charge in [0.15, 0.2) is 0 Å². The van der Waals surface area contributed by atoms with Crippen LogP contribution in [0.2, 0.25) is 0 Å². The highest BCUT2D eigenvalue weighted by atomic mass is 15.1. The maximum atomic E-state index is 4.20. The number of hydrogen-bond donors (Lipinski definition) is 1. The topological polar surface area (TPSA) is 28.2 Å². The van der Waals surface area contributed by atoms with Crippen LogP contribution in [0.5, 0.6) is 0 Å². The van der Waals surface area contributed by atoms with Crippen molar-refractivity contribution < 1.29 is 0 Å². The van der Waals surface area contributed by atoms with Gasteiger partial charge in [-0.25, -0.2) is 0 Å². The lowest BCUT2D eigenvalue weighted by Gasteiger charge is -2.34. The number of likely N-dealkylation sites (tertiary alicyclic amines) is 1. The summed E-state index contributed by atoms with van der Waals surface area (Å²) < 4.78 is 0. The van der Waals surface area contributed by atoms with Crippen molar-refractivity contribution in [2.75, 3.05) is 19.6 Å². The second kappa shape index (κ2) is 7.01. The molecule has 0 saturated carbocycles. The van der Waals surface area contributed by atoms with Gasteiger partial charge in [-0.05, 0) is 50.4 Å². The molecule has 2 rings (SSSR count). The predicted octanol–water partition coefficient (Wildman–Crippen LogP) is 2.85. The molecule has 19 heavy (non-hydrogen) atoms. The average Bonchev–Trinajstić information content (AvgIpc) is 2.41. The molecule has 0 unspecified atom stereocenters. The Hall–Kier alpha value is -0.930. The highest BCUT2D eigenvalue weighted by Gasteiger charge is 2.21. The zero-order chi connectivity index (χ0) is 13.7. The molecule has 1 saturated heterocycles. The Morgan fingerprint density at radius 3 is 2.63 bits per heavy atom. The van der Waals surface area contributed by atoms with Gasteiger partial charge >= 0.3 is 0 Å². The van der Waals surface area contributed by atoms with Crippen LogP contribution in [0.4, 0.5) is 0 Å². The molecule has 106 valence electrons. The van der Waals surface area contributed by atoms with Gasteiger partial charge < -0.3 is 10.2 Å². The molecule has 1 aromatic heterocycles. The standard InChI is InChI=1S/C16H27N3/c1-13(2)12-19-9-6-16(7-10-19)18-14(3)15-5-4-8-17-11-15/h4-5,8,11,13-14,16,18H,6-7,9-10,12H2,1-3H3/t14-/m1/s1. The van der Waals surface area contributed by atoms with Gasteiger partial charge in [0.1, 0.15) is 0 Å². The van der Waals surface area contributed by atoms with E-state index in [4.69, 9.17) is 0 Å². The Kier molecular flexibility index (Phi) is 5.34. The molecule has 1 atom stereocenters. The number of piperidine rings is 1. The molecule has 0 radical (unpaired) electrons. The van der Waals surface area contributed by atoms with Crippen molar-refractivity contribution >= 4 is 0 Å². The molecule has 1 aliphatic rings. The molecule has 1 aliphatic heterocycles. The number of rotatable bonds is 5. The van der Waals surface area contributed by atoms with Gasteiger partial charge in [-0.2, -0.15) is 0 Å². The minimum absolute atomic E-state index is 0.398. The Morgan fingerprint density at radius 2 is 2.05 bits per heavy atom. The van der Waals surface area contributed by atoms with E-state index >= 15 is 0 Å². The first kappa shape index (κ1) is 14.5. The van der Waals surface area contributed by atoms with Crippen LogP contribution < -0.4 is 5.32 Å². The molecular weight excluding hydrogens is 234 g/mol. The Labute approximate surface area is 117 Å². The second-order valence-electron chi connectivity index (χ2n) is 6.14. The summed E-state index contributed by atoms with van der Waals surface area (Å²) in [6.07, 6.45) is 6.32. The maximum Gasteiger partial charge on any atom is 0.0315 e. The van der Waals surface area contributed by atoms with E-state index in [2.05, 4.69) is 42.0 Å². The summed E-state index contributed by atoms with van der Waals surface area (Å²) >= 11 is 0. The minimum Gasteiger partial charge on any atom is -0.307 e. The predicted molar refractivity (Wildman–Crippen MR) is 80.1 cm³/mol. The van der Waals surface area contributed by atoms with E-state index in [9.17, 15) is 0 Å². The fourth-order valence-electron chi connectivity index (χ4n) is 2.88. The van der Waals surface area contributed by atoms with Crippen LogP contribution in [0.3, 0.4) is 0 Å². The largest absolute Gasteiger partial charge is 0.307 e. The average molecular weight is 261 g/mol. The smallest absolute Gasteiger partial charge is 0.0315 e. The van der Waals surface area contributed by atoms with Gasteiger partial charge in [-0.15, -0.1) is 0 Å². The van der Waals surface area contributed by atoms with Crippen molar-refractivity contribution in [3.8, 4) is 0 Å². The van der Waals surface area contributed by atoms with Crippen molar-refractivity contribution in [2.24, 2.45) is 5.92 Å². The van der Waals surface area contributed by atoms with Crippen LogP contribution in [0, 0.1) is 5.92 Å². The normalized spacial score (nSPS) is 19.8. The molecule has 3 nitrogen and oxygen atoms in total. The molecule has 0 bridgehead atoms. The Morgan fingerprint density at radius 1 is 1.32 bits per heavy atom. The van der Waals surface area contributed by atoms with Crippen molar-refractivity contribution in [1.82, 2.24) is 15.2 Å². The van der Waals surface area contributed by atoms with E-state index in [1.54, 1.807) is 0 Å². The van der Waals surface area contributed by atoms with Crippen LogP contribution in [-0.2, 0) is 0 Å². The number of pyridine rings is 1. The second-order valence-corrected chi connectivity index (χ2v) is 6.14. The first-order valence-electron chi connectivity index (χ1n) is 7.53. The third-order valence-electron chi connectivity index (χ3n) is 3.88. The molecule has 1 N–H and O–H groups in total. The summed E-state index contributed by atoms with van der Waals surface area (Å²) in [6, 6.07) is 5.21. The summed E-state index contributed by atoms with van der Waals surface area (Å²) in [4.78, 5) is 6.79. The van der Waals surface area contributed by atoms with Crippen LogP contribution >= 0.6 is 0 Å². The van der Waals surface area contributed by atoms with Gasteiger partial charge in [0.25, 0.3) is 0 Å². The third-order valence-corrected chi connectivity index (χ3v) is 3.88. The van der Waals surface area contributed by atoms with Crippen molar-refractivity contribution in [1.29, 1.82) is 0 Å². The minimum atomic E-state index is 0.398. The Balaban J connectivity index is 1.76. The van der Waals surface area contributed by atoms with Crippen LogP contribution in [0.25, 0.3) is 0 Å². The van der Waals surface area contributed by atoms with Crippen molar-refractivity contribution in [3.63, 3.8) is 0 Å². The van der Waals surface area contributed by atoms with E-state index in [1.807, 2.05) is 18.5 Å². The summed E-state index contributed by atoms with van der Waals surface area (Å²) in [6.45, 7) is 10.5. The molecule has 3 heteroatoms. The highest BCUT2D eigenvalue weighted by Crippen LogP contribution is 2.17. The lowest BCUT2D eigenvalue weighted by Crippen LogP contribution is -2.44.